The molecule has 0 bridgehead atoms. The van der Waals surface area contributed by atoms with E-state index in [1.807, 2.05) is 0 Å². The molecule has 1 aliphatic rings. The van der Waals surface area contributed by atoms with Gasteiger partial charge in [0.1, 0.15) is 7.05 Å². The fraction of sp³-hybridized carbons (Fsp3) is 0.278. The Kier molecular flexibility index (Phi) is 2.60. The van der Waals surface area contributed by atoms with Crippen molar-refractivity contribution in [3.05, 3.63) is 65.2 Å². The number of hydrogen-bond donors (Lipinski definition) is 0. The molecular formula is C18H20N+. The first-order valence-corrected chi connectivity index (χ1v) is 6.80. The van der Waals surface area contributed by atoms with Gasteiger partial charge in [0.05, 0.1) is 5.41 Å². The van der Waals surface area contributed by atoms with Crippen LogP contribution in [-0.2, 0) is 5.41 Å². The van der Waals surface area contributed by atoms with Gasteiger partial charge in [-0.2, -0.15) is 4.58 Å². The lowest BCUT2D eigenvalue weighted by atomic mass is 9.78. The highest BCUT2D eigenvalue weighted by Crippen LogP contribution is 2.41. The molecule has 0 saturated heterocycles. The zero-order valence-corrected chi connectivity index (χ0v) is 12.1. The normalized spacial score (nSPS) is 16.6. The maximum atomic E-state index is 2.34. The number of para-hydroxylation sites is 1. The standard InChI is InChI=1S/C18H20N/c1-13-9-5-6-10-14(13)17-18(2,3)15-11-7-8-12-16(15)19(17)4/h5-12H,1-4H3/q+1. The fourth-order valence-corrected chi connectivity index (χ4v) is 3.32. The van der Waals surface area contributed by atoms with Crippen LogP contribution in [0.5, 0.6) is 0 Å². The first-order chi connectivity index (χ1) is 9.03. The minimum Gasteiger partial charge on any atom is -0.197 e. The molecule has 1 heterocycles. The molecule has 0 amide bonds. The summed E-state index contributed by atoms with van der Waals surface area (Å²) < 4.78 is 2.34. The molecule has 0 unspecified atom stereocenters. The van der Waals surface area contributed by atoms with Gasteiger partial charge < -0.3 is 0 Å². The first kappa shape index (κ1) is 12.2. The van der Waals surface area contributed by atoms with Crippen molar-refractivity contribution in [1.82, 2.24) is 0 Å². The summed E-state index contributed by atoms with van der Waals surface area (Å²) in [4.78, 5) is 0. The molecule has 0 aromatic heterocycles. The van der Waals surface area contributed by atoms with E-state index in [1.165, 1.54) is 28.1 Å². The lowest BCUT2D eigenvalue weighted by Gasteiger charge is -2.18. The van der Waals surface area contributed by atoms with Crippen LogP contribution in [0.15, 0.2) is 48.5 Å². The quantitative estimate of drug-likeness (QED) is 0.672. The van der Waals surface area contributed by atoms with Crippen LogP contribution in [-0.4, -0.2) is 17.3 Å². The molecule has 0 saturated carbocycles. The van der Waals surface area contributed by atoms with Crippen LogP contribution in [0, 0.1) is 6.92 Å². The Bertz CT molecular complexity index is 678. The second-order valence-corrected chi connectivity index (χ2v) is 5.86. The van der Waals surface area contributed by atoms with Gasteiger partial charge in [-0.25, -0.2) is 0 Å². The smallest absolute Gasteiger partial charge is 0.197 e. The highest BCUT2D eigenvalue weighted by atomic mass is 15.0. The minimum absolute atomic E-state index is 0.0530. The van der Waals surface area contributed by atoms with E-state index in [4.69, 9.17) is 0 Å². The van der Waals surface area contributed by atoms with Gasteiger partial charge in [0.15, 0.2) is 5.71 Å². The molecule has 1 aliphatic heterocycles. The van der Waals surface area contributed by atoms with Gasteiger partial charge in [-0.05, 0) is 32.4 Å². The third kappa shape index (κ3) is 1.65. The number of aryl methyl sites for hydroxylation is 1. The van der Waals surface area contributed by atoms with Gasteiger partial charge in [-0.1, -0.05) is 36.4 Å². The van der Waals surface area contributed by atoms with E-state index in [-0.39, 0.29) is 5.41 Å². The molecular weight excluding hydrogens is 230 g/mol. The summed E-state index contributed by atoms with van der Waals surface area (Å²) in [5.41, 5.74) is 6.88. The third-order valence-electron chi connectivity index (χ3n) is 4.27. The van der Waals surface area contributed by atoms with Crippen molar-refractivity contribution >= 4 is 11.4 Å². The van der Waals surface area contributed by atoms with Gasteiger partial charge in [-0.3, -0.25) is 0 Å². The molecule has 0 radical (unpaired) electrons. The van der Waals surface area contributed by atoms with Gasteiger partial charge in [0.25, 0.3) is 0 Å². The van der Waals surface area contributed by atoms with Gasteiger partial charge in [0.2, 0.25) is 5.69 Å². The number of benzene rings is 2. The van der Waals surface area contributed by atoms with Crippen LogP contribution < -0.4 is 0 Å². The summed E-state index contributed by atoms with van der Waals surface area (Å²) in [5, 5.41) is 0. The highest BCUT2D eigenvalue weighted by Gasteiger charge is 2.45. The number of hydrogen-bond acceptors (Lipinski definition) is 0. The molecule has 0 spiro atoms. The summed E-state index contributed by atoms with van der Waals surface area (Å²) in [6.45, 7) is 6.82. The average Bonchev–Trinajstić information content (AvgIpc) is 2.60. The van der Waals surface area contributed by atoms with Crippen molar-refractivity contribution in [2.45, 2.75) is 26.2 Å². The highest BCUT2D eigenvalue weighted by molar-refractivity contribution is 6.08. The van der Waals surface area contributed by atoms with Gasteiger partial charge >= 0.3 is 0 Å². The van der Waals surface area contributed by atoms with Crippen LogP contribution >= 0.6 is 0 Å². The van der Waals surface area contributed by atoms with E-state index in [0.29, 0.717) is 0 Å². The SMILES string of the molecule is Cc1ccccc1C1=[N+](C)c2ccccc2C1(C)C. The van der Waals surface area contributed by atoms with Crippen LogP contribution in [0.2, 0.25) is 0 Å². The molecule has 2 aromatic carbocycles. The molecule has 0 N–H and O–H groups in total. The largest absolute Gasteiger partial charge is 0.209 e. The van der Waals surface area contributed by atoms with E-state index in [0.717, 1.165) is 0 Å². The molecule has 3 rings (SSSR count). The Balaban J connectivity index is 2.30. The molecule has 19 heavy (non-hydrogen) atoms. The number of nitrogens with zero attached hydrogens (tertiary/aromatic N) is 1. The summed E-state index contributed by atoms with van der Waals surface area (Å²) in [6, 6.07) is 17.4. The van der Waals surface area contributed by atoms with E-state index in [2.05, 4.69) is 80.9 Å². The summed E-state index contributed by atoms with van der Waals surface area (Å²) in [7, 11) is 2.18. The monoisotopic (exact) mass is 250 g/mol. The maximum Gasteiger partial charge on any atom is 0.209 e. The van der Waals surface area contributed by atoms with Crippen molar-refractivity contribution in [3.8, 4) is 0 Å². The Morgan fingerprint density at radius 1 is 0.895 bits per heavy atom. The second-order valence-electron chi connectivity index (χ2n) is 5.86. The zero-order valence-electron chi connectivity index (χ0n) is 12.1. The Morgan fingerprint density at radius 2 is 1.53 bits per heavy atom. The van der Waals surface area contributed by atoms with Crippen LogP contribution in [0.4, 0.5) is 5.69 Å². The van der Waals surface area contributed by atoms with Crippen molar-refractivity contribution in [1.29, 1.82) is 0 Å². The third-order valence-corrected chi connectivity index (χ3v) is 4.27. The topological polar surface area (TPSA) is 3.01 Å². The molecule has 1 nitrogen and oxygen atoms in total. The Morgan fingerprint density at radius 3 is 2.21 bits per heavy atom. The maximum absolute atomic E-state index is 2.34. The van der Waals surface area contributed by atoms with Crippen LogP contribution in [0.3, 0.4) is 0 Å². The van der Waals surface area contributed by atoms with Crippen molar-refractivity contribution in [2.75, 3.05) is 7.05 Å². The van der Waals surface area contributed by atoms with Gasteiger partial charge in [-0.15, -0.1) is 0 Å². The number of rotatable bonds is 1. The van der Waals surface area contributed by atoms with E-state index >= 15 is 0 Å². The predicted molar refractivity (Wildman–Crippen MR) is 80.6 cm³/mol. The first-order valence-electron chi connectivity index (χ1n) is 6.80. The zero-order chi connectivity index (χ0) is 13.6. The van der Waals surface area contributed by atoms with Crippen LogP contribution in [0.1, 0.15) is 30.5 Å². The molecule has 96 valence electrons. The van der Waals surface area contributed by atoms with Gasteiger partial charge in [0, 0.05) is 17.2 Å². The predicted octanol–water partition coefficient (Wildman–Crippen LogP) is 4.05. The lowest BCUT2D eigenvalue weighted by Crippen LogP contribution is -2.30. The van der Waals surface area contributed by atoms with Crippen molar-refractivity contribution in [2.24, 2.45) is 0 Å². The summed E-state index contributed by atoms with van der Waals surface area (Å²) >= 11 is 0. The summed E-state index contributed by atoms with van der Waals surface area (Å²) in [5.74, 6) is 0. The molecule has 1 heteroatoms. The Labute approximate surface area is 115 Å². The molecule has 0 aliphatic carbocycles. The average molecular weight is 250 g/mol. The lowest BCUT2D eigenvalue weighted by molar-refractivity contribution is -0.401. The Hall–Kier alpha value is -1.89. The van der Waals surface area contributed by atoms with E-state index in [1.54, 1.807) is 0 Å². The van der Waals surface area contributed by atoms with E-state index in [9.17, 15) is 0 Å². The number of fused-ring (bicyclic) bond motifs is 1. The molecule has 0 atom stereocenters. The second kappa shape index (κ2) is 4.06. The molecule has 2 aromatic rings. The van der Waals surface area contributed by atoms with Crippen molar-refractivity contribution in [3.63, 3.8) is 0 Å². The minimum atomic E-state index is 0.0530. The molecule has 0 fully saturated rings. The van der Waals surface area contributed by atoms with Crippen molar-refractivity contribution < 1.29 is 4.58 Å². The van der Waals surface area contributed by atoms with Crippen LogP contribution in [0.25, 0.3) is 0 Å². The van der Waals surface area contributed by atoms with E-state index < -0.39 is 0 Å². The fourth-order valence-electron chi connectivity index (χ4n) is 3.32. The summed E-state index contributed by atoms with van der Waals surface area (Å²) in [6.07, 6.45) is 0.